The van der Waals surface area contributed by atoms with Crippen molar-refractivity contribution < 1.29 is 75.6 Å². The summed E-state index contributed by atoms with van der Waals surface area (Å²) in [5.41, 5.74) is 0.620. The van der Waals surface area contributed by atoms with Gasteiger partial charge < -0.3 is 9.47 Å². The van der Waals surface area contributed by atoms with Gasteiger partial charge in [-0.1, -0.05) is 35.9 Å². The van der Waals surface area contributed by atoms with E-state index in [1.54, 1.807) is 22.9 Å². The Bertz CT molecular complexity index is 2050. The van der Waals surface area contributed by atoms with Crippen molar-refractivity contribution in [3.63, 3.8) is 0 Å². The van der Waals surface area contributed by atoms with Crippen LogP contribution in [0.3, 0.4) is 0 Å². The number of methoxy groups -OCH3 is 2. The zero-order valence-corrected chi connectivity index (χ0v) is 29.2. The van der Waals surface area contributed by atoms with Gasteiger partial charge in [-0.25, -0.2) is 34.0 Å². The first kappa shape index (κ1) is 44.0. The predicted octanol–water partition coefficient (Wildman–Crippen LogP) is 5.63. The first-order valence-corrected chi connectivity index (χ1v) is 16.3. The zero-order valence-electron chi connectivity index (χ0n) is 26.8. The summed E-state index contributed by atoms with van der Waals surface area (Å²) in [7, 11) is 2.06. The number of hydrogen-bond donors (Lipinski definition) is 4. The topological polar surface area (TPSA) is 218 Å². The summed E-state index contributed by atoms with van der Waals surface area (Å²) in [5, 5.41) is 3.75. The normalized spacial score (nSPS) is 12.7. The first-order valence-electron chi connectivity index (χ1n) is 13.7. The highest BCUT2D eigenvalue weighted by molar-refractivity contribution is 7.80. The van der Waals surface area contributed by atoms with Crippen LogP contribution in [0.25, 0.3) is 0 Å². The van der Waals surface area contributed by atoms with Gasteiger partial charge in [0.15, 0.2) is 5.69 Å². The van der Waals surface area contributed by atoms with Gasteiger partial charge in [0.2, 0.25) is 45.8 Å². The number of rotatable bonds is 10. The molecule has 55 heavy (non-hydrogen) atoms. The molecule has 0 bridgehead atoms. The summed E-state index contributed by atoms with van der Waals surface area (Å²) in [6, 6.07) is 6.91. The molecular formula is C26H19ClF9N9O8S2. The molecule has 0 aliphatic heterocycles. The average molecular weight is 856 g/mol. The van der Waals surface area contributed by atoms with Gasteiger partial charge in [0.05, 0.1) is 34.6 Å². The minimum Gasteiger partial charge on any atom is -0.481 e. The fraction of sp³-hybridized carbons (Fsp3) is 0.192. The highest BCUT2D eigenvalue weighted by Gasteiger charge is 2.37. The number of anilines is 2. The second-order valence-electron chi connectivity index (χ2n) is 9.26. The van der Waals surface area contributed by atoms with Crippen LogP contribution in [0.5, 0.6) is 11.9 Å². The van der Waals surface area contributed by atoms with E-state index < -0.39 is 98.5 Å². The number of benzene rings is 2. The van der Waals surface area contributed by atoms with Crippen LogP contribution in [0, 0.1) is 0 Å². The number of hydrogen-bond acceptors (Lipinski definition) is 13. The Balaban J connectivity index is 0.000000297. The lowest BCUT2D eigenvalue weighted by Gasteiger charge is -2.12. The van der Waals surface area contributed by atoms with Gasteiger partial charge in [-0.15, -0.1) is 0 Å². The lowest BCUT2D eigenvalue weighted by molar-refractivity contribution is -0.145. The fourth-order valence-electron chi connectivity index (χ4n) is 3.28. The van der Waals surface area contributed by atoms with E-state index in [1.807, 2.05) is 5.32 Å². The molecule has 0 aliphatic carbocycles. The monoisotopic (exact) mass is 855 g/mol. The minimum absolute atomic E-state index is 0.0893. The summed E-state index contributed by atoms with van der Waals surface area (Å²) < 4.78 is 157. The number of nitrogens with one attached hydrogen (secondary N) is 4. The number of aromatic nitrogens is 5. The number of amides is 4. The van der Waals surface area contributed by atoms with Crippen molar-refractivity contribution in [2.45, 2.75) is 28.3 Å². The van der Waals surface area contributed by atoms with Crippen LogP contribution < -0.4 is 31.1 Å². The van der Waals surface area contributed by atoms with Gasteiger partial charge in [-0.05, 0) is 24.3 Å². The van der Waals surface area contributed by atoms with Crippen LogP contribution in [0.1, 0.15) is 17.1 Å². The number of carbonyl (C=O) groups excluding carboxylic acids is 2. The van der Waals surface area contributed by atoms with Crippen LogP contribution in [-0.2, 0) is 49.3 Å². The number of urea groups is 2. The minimum atomic E-state index is -4.98. The molecule has 4 aromatic rings. The first-order chi connectivity index (χ1) is 25.6. The fourth-order valence-corrected chi connectivity index (χ4v) is 5.06. The van der Waals surface area contributed by atoms with E-state index in [1.165, 1.54) is 17.6 Å². The van der Waals surface area contributed by atoms with Crippen LogP contribution in [0.2, 0.25) is 5.02 Å². The van der Waals surface area contributed by atoms with Crippen LogP contribution >= 0.6 is 11.6 Å². The molecule has 2 aromatic heterocycles. The summed E-state index contributed by atoms with van der Waals surface area (Å²) in [5.74, 6) is -3.69. The predicted molar refractivity (Wildman–Crippen MR) is 167 cm³/mol. The smallest absolute Gasteiger partial charge is 0.451 e. The van der Waals surface area contributed by atoms with Gasteiger partial charge in [-0.2, -0.15) is 68.0 Å². The molecule has 0 saturated carbocycles. The van der Waals surface area contributed by atoms with E-state index in [4.69, 9.17) is 11.6 Å². The second-order valence-corrected chi connectivity index (χ2v) is 11.8. The highest BCUT2D eigenvalue weighted by atomic mass is 35.5. The molecule has 0 aliphatic rings. The number of halogens is 10. The second kappa shape index (κ2) is 18.7. The quantitative estimate of drug-likeness (QED) is 0.113. The van der Waals surface area contributed by atoms with E-state index in [2.05, 4.69) is 43.0 Å². The molecule has 4 rings (SSSR count). The number of nitrogens with zero attached hydrogens (tertiary/aromatic N) is 5. The van der Waals surface area contributed by atoms with Crippen molar-refractivity contribution in [2.24, 2.45) is 0 Å². The summed E-state index contributed by atoms with van der Waals surface area (Å²) in [6.07, 6.45) is -14.6. The van der Waals surface area contributed by atoms with E-state index >= 15 is 0 Å². The largest absolute Gasteiger partial charge is 0.481 e. The Morgan fingerprint density at radius 3 is 1.69 bits per heavy atom. The molecule has 2 heterocycles. The summed E-state index contributed by atoms with van der Waals surface area (Å²) >= 11 is 0.874. The Morgan fingerprint density at radius 2 is 1.18 bits per heavy atom. The van der Waals surface area contributed by atoms with E-state index in [0.29, 0.717) is 12.1 Å². The lowest BCUT2D eigenvalue weighted by atomic mass is 10.2. The molecule has 17 nitrogen and oxygen atoms in total. The zero-order chi connectivity index (χ0) is 41.1. The SMILES string of the molecule is COc1cc(C(F)(F)F)nc(NC(=O)NOS(=O)c2ccccc2Cl)n1.COc1nc(NC(=O)NOS(=O)c2ccccc2C(F)(F)F)nc(C(F)(F)F)n1. The maximum absolute atomic E-state index is 12.9. The third-order valence-corrected chi connectivity index (χ3v) is 7.85. The van der Waals surface area contributed by atoms with E-state index in [9.17, 15) is 57.5 Å². The van der Waals surface area contributed by atoms with Gasteiger partial charge in [0.1, 0.15) is 0 Å². The Labute approximate surface area is 310 Å². The number of hydroxylamine groups is 2. The average Bonchev–Trinajstić information content (AvgIpc) is 3.12. The number of alkyl halides is 9. The molecule has 4 amide bonds. The van der Waals surface area contributed by atoms with Crippen molar-refractivity contribution in [3.05, 3.63) is 76.7 Å². The maximum atomic E-state index is 12.9. The van der Waals surface area contributed by atoms with Crippen molar-refractivity contribution in [2.75, 3.05) is 24.9 Å². The third-order valence-electron chi connectivity index (χ3n) is 5.51. The Kier molecular flexibility index (Phi) is 15.0. The number of carbonyl (C=O) groups is 2. The third kappa shape index (κ3) is 13.4. The lowest BCUT2D eigenvalue weighted by Crippen LogP contribution is -2.31. The molecule has 0 saturated heterocycles. The molecule has 4 N–H and O–H groups in total. The molecule has 29 heteroatoms. The van der Waals surface area contributed by atoms with Gasteiger partial charge in [0.25, 0.3) is 0 Å². The summed E-state index contributed by atoms with van der Waals surface area (Å²) in [6.45, 7) is 0. The van der Waals surface area contributed by atoms with Gasteiger partial charge in [-0.3, -0.25) is 10.6 Å². The van der Waals surface area contributed by atoms with Gasteiger partial charge in [0, 0.05) is 6.07 Å². The molecule has 0 spiro atoms. The molecule has 2 atom stereocenters. The van der Waals surface area contributed by atoms with Crippen molar-refractivity contribution in [1.82, 2.24) is 35.9 Å². The molecule has 0 fully saturated rings. The summed E-state index contributed by atoms with van der Waals surface area (Å²) in [4.78, 5) is 38.6. The van der Waals surface area contributed by atoms with Crippen molar-refractivity contribution in [3.8, 4) is 11.9 Å². The standard InChI is InChI=1S/C13H10ClF3N4O4S.C13H9F6N5O4S/c1-24-10-6-9(13(15,16)17)18-11(19-10)20-12(22)21-25-26(23)8-5-3-2-4-7(8)14;1-27-11-21-8(13(17,18)19)20-9(23-11)22-10(25)24-28-29(26)7-5-3-2-4-6(7)12(14,15)16/h2-6H,1H3,(H2,18,19,20,21,22);2-5H,1H3,(H2,20,21,22,23,24,25). The van der Waals surface area contributed by atoms with E-state index in [-0.39, 0.29) is 9.92 Å². The van der Waals surface area contributed by atoms with E-state index in [0.717, 1.165) is 32.4 Å². The molecule has 2 unspecified atom stereocenters. The van der Waals surface area contributed by atoms with Crippen molar-refractivity contribution >= 4 is 57.7 Å². The van der Waals surface area contributed by atoms with Crippen LogP contribution in [0.15, 0.2) is 64.4 Å². The van der Waals surface area contributed by atoms with Crippen molar-refractivity contribution in [1.29, 1.82) is 0 Å². The van der Waals surface area contributed by atoms with Crippen LogP contribution in [-0.4, -0.2) is 59.6 Å². The molecule has 0 radical (unpaired) electrons. The number of ether oxygens (including phenoxy) is 2. The van der Waals surface area contributed by atoms with Crippen LogP contribution in [0.4, 0.5) is 61.0 Å². The Hall–Kier alpha value is -5.45. The molecule has 2 aromatic carbocycles. The van der Waals surface area contributed by atoms with Gasteiger partial charge >= 0.3 is 36.6 Å². The molecule has 298 valence electrons. The Morgan fingerprint density at radius 1 is 0.655 bits per heavy atom. The highest BCUT2D eigenvalue weighted by Crippen LogP contribution is 2.34. The maximum Gasteiger partial charge on any atom is 0.451 e. The molecular weight excluding hydrogens is 837 g/mol.